The largest absolute Gasteiger partial charge is 0.612 e. The van der Waals surface area contributed by atoms with E-state index in [0.717, 1.165) is 4.70 Å². The number of aromatic hydroxyl groups is 1. The third-order valence-corrected chi connectivity index (χ3v) is 5.49. The molecule has 1 unspecified atom stereocenters. The first-order chi connectivity index (χ1) is 11.3. The van der Waals surface area contributed by atoms with E-state index in [2.05, 4.69) is 10.3 Å². The maximum absolute atomic E-state index is 12.4. The lowest BCUT2D eigenvalue weighted by atomic mass is 10.1. The van der Waals surface area contributed by atoms with Gasteiger partial charge in [0.15, 0.2) is 10.0 Å². The zero-order valence-corrected chi connectivity index (χ0v) is 15.2. The quantitative estimate of drug-likeness (QED) is 0.673. The summed E-state index contributed by atoms with van der Waals surface area (Å²) in [6.45, 7) is 1.67. The first-order valence-corrected chi connectivity index (χ1v) is 9.65. The van der Waals surface area contributed by atoms with E-state index in [-0.39, 0.29) is 11.3 Å². The van der Waals surface area contributed by atoms with Crippen molar-refractivity contribution in [3.63, 3.8) is 0 Å². The number of nitrogens with one attached hydrogen (secondary N) is 1. The van der Waals surface area contributed by atoms with Crippen molar-refractivity contribution >= 4 is 55.4 Å². The van der Waals surface area contributed by atoms with E-state index in [9.17, 15) is 14.5 Å². The van der Waals surface area contributed by atoms with Gasteiger partial charge >= 0.3 is 0 Å². The Balaban J connectivity index is 1.91. The van der Waals surface area contributed by atoms with Crippen molar-refractivity contribution in [3.8, 4) is 5.75 Å². The van der Waals surface area contributed by atoms with E-state index < -0.39 is 17.1 Å². The fraction of sp³-hybridized carbons (Fsp3) is 0.125. The van der Waals surface area contributed by atoms with Gasteiger partial charge in [0, 0.05) is 11.1 Å². The predicted molar refractivity (Wildman–Crippen MR) is 97.8 cm³/mol. The van der Waals surface area contributed by atoms with Gasteiger partial charge < -0.3 is 9.66 Å². The number of benzene rings is 2. The molecule has 1 amide bonds. The number of hydrogen-bond donors (Lipinski definition) is 2. The Morgan fingerprint density at radius 1 is 1.38 bits per heavy atom. The molecule has 2 aromatic carbocycles. The molecule has 0 fully saturated rings. The van der Waals surface area contributed by atoms with Gasteiger partial charge in [-0.1, -0.05) is 22.9 Å². The molecule has 1 aromatic heterocycles. The molecular formula is C16H13ClN2O3S2. The van der Waals surface area contributed by atoms with E-state index >= 15 is 0 Å². The third-order valence-electron chi connectivity index (χ3n) is 3.42. The summed E-state index contributed by atoms with van der Waals surface area (Å²) in [5.74, 6) is -0.599. The highest BCUT2D eigenvalue weighted by molar-refractivity contribution is 7.90. The number of phenolic OH excluding ortho intramolecular Hbond substituents is 1. The SMILES string of the molecule is Cc1cc(Cl)cc(C(=O)Nc2nc3ccc([S+](C)[O-])cc3s2)c1O. The smallest absolute Gasteiger partial charge is 0.261 e. The number of fused-ring (bicyclic) bond motifs is 1. The number of nitrogens with zero attached hydrogens (tertiary/aromatic N) is 1. The summed E-state index contributed by atoms with van der Waals surface area (Å²) in [4.78, 5) is 17.4. The highest BCUT2D eigenvalue weighted by Crippen LogP contribution is 2.30. The fourth-order valence-electron chi connectivity index (χ4n) is 2.21. The number of aromatic nitrogens is 1. The minimum Gasteiger partial charge on any atom is -0.612 e. The topological polar surface area (TPSA) is 85.3 Å². The summed E-state index contributed by atoms with van der Waals surface area (Å²) in [6, 6.07) is 8.29. The molecular weight excluding hydrogens is 368 g/mol. The van der Waals surface area contributed by atoms with Gasteiger partial charge in [-0.05, 0) is 47.9 Å². The Morgan fingerprint density at radius 3 is 2.83 bits per heavy atom. The van der Waals surface area contributed by atoms with Gasteiger partial charge in [0.1, 0.15) is 12.0 Å². The number of anilines is 1. The van der Waals surface area contributed by atoms with Crippen molar-refractivity contribution < 1.29 is 14.5 Å². The molecule has 0 spiro atoms. The van der Waals surface area contributed by atoms with E-state index in [4.69, 9.17) is 11.6 Å². The molecule has 8 heteroatoms. The number of phenols is 1. The van der Waals surface area contributed by atoms with Crippen LogP contribution in [0.5, 0.6) is 5.75 Å². The highest BCUT2D eigenvalue weighted by Gasteiger charge is 2.17. The Morgan fingerprint density at radius 2 is 2.12 bits per heavy atom. The molecule has 0 bridgehead atoms. The Bertz CT molecular complexity index is 940. The van der Waals surface area contributed by atoms with Gasteiger partial charge in [0.05, 0.1) is 15.8 Å². The van der Waals surface area contributed by atoms with Gasteiger partial charge in [0.2, 0.25) is 0 Å². The van der Waals surface area contributed by atoms with E-state index in [1.807, 2.05) is 0 Å². The predicted octanol–water partition coefficient (Wildman–Crippen LogP) is 3.95. The molecule has 24 heavy (non-hydrogen) atoms. The van der Waals surface area contributed by atoms with Gasteiger partial charge in [-0.25, -0.2) is 4.98 Å². The zero-order valence-electron chi connectivity index (χ0n) is 12.8. The lowest BCUT2D eigenvalue weighted by molar-refractivity contribution is 0.102. The number of carbonyl (C=O) groups excluding carboxylic acids is 1. The van der Waals surface area contributed by atoms with Gasteiger partial charge in [-0.3, -0.25) is 10.1 Å². The molecule has 5 nitrogen and oxygen atoms in total. The summed E-state index contributed by atoms with van der Waals surface area (Å²) in [6.07, 6.45) is 1.61. The van der Waals surface area contributed by atoms with Crippen LogP contribution >= 0.6 is 22.9 Å². The second-order valence-electron chi connectivity index (χ2n) is 5.18. The average molecular weight is 381 g/mol. The molecule has 0 saturated carbocycles. The van der Waals surface area contributed by atoms with Crippen LogP contribution in [0.15, 0.2) is 35.2 Å². The van der Waals surface area contributed by atoms with Gasteiger partial charge in [-0.2, -0.15) is 0 Å². The molecule has 2 N–H and O–H groups in total. The number of aryl methyl sites for hydroxylation is 1. The monoisotopic (exact) mass is 380 g/mol. The number of hydrogen-bond acceptors (Lipinski definition) is 5. The molecule has 3 rings (SSSR count). The number of thiazole rings is 1. The first kappa shape index (κ1) is 17.0. The van der Waals surface area contributed by atoms with Crippen LogP contribution in [-0.2, 0) is 11.2 Å². The lowest BCUT2D eigenvalue weighted by Gasteiger charge is -2.07. The van der Waals surface area contributed by atoms with E-state index in [1.54, 1.807) is 37.4 Å². The maximum Gasteiger partial charge on any atom is 0.261 e. The molecule has 1 atom stereocenters. The summed E-state index contributed by atoms with van der Waals surface area (Å²) < 4.78 is 12.4. The molecule has 124 valence electrons. The van der Waals surface area contributed by atoms with Crippen LogP contribution in [0.25, 0.3) is 10.2 Å². The average Bonchev–Trinajstić information content (AvgIpc) is 2.91. The highest BCUT2D eigenvalue weighted by atomic mass is 35.5. The molecule has 0 aliphatic rings. The van der Waals surface area contributed by atoms with Crippen molar-refractivity contribution in [2.75, 3.05) is 11.6 Å². The Labute approximate surface area is 150 Å². The summed E-state index contributed by atoms with van der Waals surface area (Å²) >= 11 is 6.14. The van der Waals surface area contributed by atoms with Crippen LogP contribution < -0.4 is 5.32 Å². The summed E-state index contributed by atoms with van der Waals surface area (Å²) in [5, 5.41) is 13.5. The number of carbonyl (C=O) groups is 1. The van der Waals surface area contributed by atoms with E-state index in [0.29, 0.717) is 26.1 Å². The van der Waals surface area contributed by atoms with Crippen LogP contribution in [0.4, 0.5) is 5.13 Å². The number of halogens is 1. The molecule has 0 radical (unpaired) electrons. The minimum absolute atomic E-state index is 0.0922. The van der Waals surface area contributed by atoms with Gasteiger partial charge in [0.25, 0.3) is 5.91 Å². The molecule has 3 aromatic rings. The maximum atomic E-state index is 12.4. The zero-order chi connectivity index (χ0) is 17.4. The molecule has 1 heterocycles. The number of amides is 1. The Kier molecular flexibility index (Phi) is 4.69. The van der Waals surface area contributed by atoms with Crippen molar-refractivity contribution in [2.45, 2.75) is 11.8 Å². The van der Waals surface area contributed by atoms with Crippen LogP contribution in [0.2, 0.25) is 5.02 Å². The lowest BCUT2D eigenvalue weighted by Crippen LogP contribution is -2.12. The van der Waals surface area contributed by atoms with Crippen molar-refractivity contribution in [2.24, 2.45) is 0 Å². The van der Waals surface area contributed by atoms with Gasteiger partial charge in [-0.15, -0.1) is 0 Å². The second kappa shape index (κ2) is 6.60. The molecule has 0 aliphatic heterocycles. The van der Waals surface area contributed by atoms with Crippen LogP contribution in [0.3, 0.4) is 0 Å². The minimum atomic E-state index is -1.08. The fourth-order valence-corrected chi connectivity index (χ4v) is 4.00. The second-order valence-corrected chi connectivity index (χ2v) is 8.02. The molecule has 0 saturated heterocycles. The van der Waals surface area contributed by atoms with Crippen LogP contribution in [-0.4, -0.2) is 26.8 Å². The van der Waals surface area contributed by atoms with Crippen molar-refractivity contribution in [1.82, 2.24) is 4.98 Å². The summed E-state index contributed by atoms with van der Waals surface area (Å²) in [5.41, 5.74) is 1.32. The standard InChI is InChI=1S/C16H13ClN2O3S2/c1-8-5-9(17)6-11(14(8)20)15(21)19-16-18-12-4-3-10(24(2)22)7-13(12)23-16/h3-7,20H,1-2H3,(H,18,19,21). The molecule has 0 aliphatic carbocycles. The third kappa shape index (κ3) is 3.34. The summed E-state index contributed by atoms with van der Waals surface area (Å²) in [7, 11) is 0. The van der Waals surface area contributed by atoms with E-state index in [1.165, 1.54) is 17.4 Å². The normalized spacial score (nSPS) is 12.3. The Hall–Kier alpha value is -1.80. The first-order valence-electron chi connectivity index (χ1n) is 6.89. The van der Waals surface area contributed by atoms with Crippen molar-refractivity contribution in [3.05, 3.63) is 46.5 Å². The number of rotatable bonds is 3. The van der Waals surface area contributed by atoms with Crippen molar-refractivity contribution in [1.29, 1.82) is 0 Å². The van der Waals surface area contributed by atoms with Crippen LogP contribution in [0.1, 0.15) is 15.9 Å². The van der Waals surface area contributed by atoms with Crippen LogP contribution in [0, 0.1) is 6.92 Å².